The lowest BCUT2D eigenvalue weighted by Crippen LogP contribution is -1.95. The summed E-state index contributed by atoms with van der Waals surface area (Å²) < 4.78 is 4.83. The summed E-state index contributed by atoms with van der Waals surface area (Å²) in [6.45, 7) is 0. The van der Waals surface area contributed by atoms with Crippen molar-refractivity contribution in [3.63, 3.8) is 0 Å². The lowest BCUT2D eigenvalue weighted by molar-refractivity contribution is 1.19. The summed E-state index contributed by atoms with van der Waals surface area (Å²) in [6.07, 6.45) is 0. The molecule has 0 aliphatic carbocycles. The van der Waals surface area contributed by atoms with Crippen molar-refractivity contribution in [2.75, 3.05) is 0 Å². The van der Waals surface area contributed by atoms with Crippen LogP contribution in [-0.2, 0) is 0 Å². The van der Waals surface area contributed by atoms with Gasteiger partial charge in [-0.25, -0.2) is 0 Å². The third-order valence-corrected chi connectivity index (χ3v) is 8.26. The first-order valence-electron chi connectivity index (χ1n) is 13.4. The number of para-hydroxylation sites is 5. The fourth-order valence-corrected chi connectivity index (χ4v) is 6.68. The molecular formula is C36H23N3. The molecule has 6 aromatic carbocycles. The van der Waals surface area contributed by atoms with Gasteiger partial charge in [0.15, 0.2) is 0 Å². The number of benzene rings is 6. The molecule has 0 aliphatic rings. The van der Waals surface area contributed by atoms with Crippen LogP contribution in [0.5, 0.6) is 0 Å². The molecule has 0 amide bonds. The predicted octanol–water partition coefficient (Wildman–Crippen LogP) is 9.52. The number of aromatic amines is 1. The molecule has 3 nitrogen and oxygen atoms in total. The zero-order valence-corrected chi connectivity index (χ0v) is 21.1. The van der Waals surface area contributed by atoms with E-state index in [0.717, 1.165) is 16.7 Å². The molecule has 0 saturated carbocycles. The highest BCUT2D eigenvalue weighted by Crippen LogP contribution is 2.40. The Morgan fingerprint density at radius 2 is 0.769 bits per heavy atom. The maximum absolute atomic E-state index is 3.83. The number of hydrogen-bond donors (Lipinski definition) is 1. The predicted molar refractivity (Wildman–Crippen MR) is 164 cm³/mol. The third-order valence-electron chi connectivity index (χ3n) is 8.26. The maximum Gasteiger partial charge on any atom is 0.0710 e. The zero-order chi connectivity index (χ0) is 25.5. The second-order valence-corrected chi connectivity index (χ2v) is 10.3. The van der Waals surface area contributed by atoms with E-state index in [4.69, 9.17) is 0 Å². The van der Waals surface area contributed by atoms with E-state index in [1.165, 1.54) is 60.1 Å². The highest BCUT2D eigenvalue weighted by Gasteiger charge is 2.19. The van der Waals surface area contributed by atoms with E-state index in [1.807, 2.05) is 0 Å². The first-order chi connectivity index (χ1) is 19.4. The lowest BCUT2D eigenvalue weighted by atomic mass is 10.1. The summed E-state index contributed by atoms with van der Waals surface area (Å²) in [7, 11) is 0. The number of H-pyrrole nitrogens is 1. The summed E-state index contributed by atoms with van der Waals surface area (Å²) in [5.74, 6) is 0. The number of rotatable bonds is 2. The van der Waals surface area contributed by atoms with E-state index < -0.39 is 0 Å². The Hall–Kier alpha value is -5.28. The largest absolute Gasteiger partial charge is 0.353 e. The molecule has 0 aliphatic heterocycles. The summed E-state index contributed by atoms with van der Waals surface area (Å²) in [6, 6.07) is 48.1. The summed E-state index contributed by atoms with van der Waals surface area (Å²) in [5, 5.41) is 7.55. The second-order valence-electron chi connectivity index (χ2n) is 10.3. The topological polar surface area (TPSA) is 25.6 Å². The van der Waals surface area contributed by atoms with E-state index >= 15 is 0 Å². The molecule has 0 radical (unpaired) electrons. The van der Waals surface area contributed by atoms with Gasteiger partial charge in [0.25, 0.3) is 0 Å². The fourth-order valence-electron chi connectivity index (χ4n) is 6.68. The number of aromatic nitrogens is 3. The van der Waals surface area contributed by atoms with Crippen LogP contribution in [0.3, 0.4) is 0 Å². The molecule has 3 heteroatoms. The molecule has 0 bridgehead atoms. The number of nitrogens with one attached hydrogen (secondary N) is 1. The van der Waals surface area contributed by atoms with Gasteiger partial charge < -0.3 is 14.1 Å². The van der Waals surface area contributed by atoms with Crippen LogP contribution in [0.2, 0.25) is 0 Å². The minimum absolute atomic E-state index is 1.14. The van der Waals surface area contributed by atoms with Gasteiger partial charge in [0.2, 0.25) is 0 Å². The maximum atomic E-state index is 3.83. The van der Waals surface area contributed by atoms with Gasteiger partial charge in [0.1, 0.15) is 0 Å². The Labute approximate surface area is 224 Å². The van der Waals surface area contributed by atoms with Gasteiger partial charge in [-0.05, 0) is 42.5 Å². The van der Waals surface area contributed by atoms with Gasteiger partial charge in [-0.2, -0.15) is 0 Å². The molecule has 39 heavy (non-hydrogen) atoms. The molecule has 9 rings (SSSR count). The molecule has 0 unspecified atom stereocenters. The van der Waals surface area contributed by atoms with Crippen LogP contribution in [0.15, 0.2) is 133 Å². The van der Waals surface area contributed by atoms with Gasteiger partial charge in [-0.1, -0.05) is 91.0 Å². The van der Waals surface area contributed by atoms with Crippen molar-refractivity contribution in [2.45, 2.75) is 0 Å². The van der Waals surface area contributed by atoms with Gasteiger partial charge in [0, 0.05) is 37.8 Å². The van der Waals surface area contributed by atoms with Crippen LogP contribution < -0.4 is 0 Å². The molecular weight excluding hydrogens is 474 g/mol. The van der Waals surface area contributed by atoms with Crippen molar-refractivity contribution in [1.29, 1.82) is 0 Å². The van der Waals surface area contributed by atoms with Crippen LogP contribution in [0.1, 0.15) is 0 Å². The van der Waals surface area contributed by atoms with Crippen LogP contribution in [0, 0.1) is 0 Å². The second kappa shape index (κ2) is 7.62. The Bertz CT molecular complexity index is 2290. The van der Waals surface area contributed by atoms with Crippen molar-refractivity contribution in [3.05, 3.63) is 133 Å². The van der Waals surface area contributed by atoms with Gasteiger partial charge >= 0.3 is 0 Å². The molecule has 9 aromatic rings. The molecule has 0 atom stereocenters. The molecule has 0 spiro atoms. The third kappa shape index (κ3) is 2.71. The Kier molecular flexibility index (Phi) is 4.05. The van der Waals surface area contributed by atoms with Crippen LogP contribution in [0.25, 0.3) is 76.8 Å². The van der Waals surface area contributed by atoms with Crippen molar-refractivity contribution in [2.24, 2.45) is 0 Å². The van der Waals surface area contributed by atoms with Gasteiger partial charge in [-0.3, -0.25) is 0 Å². The van der Waals surface area contributed by atoms with Crippen molar-refractivity contribution in [3.8, 4) is 11.4 Å². The summed E-state index contributed by atoms with van der Waals surface area (Å²) in [4.78, 5) is 3.83. The fraction of sp³-hybridized carbons (Fsp3) is 0. The quantitative estimate of drug-likeness (QED) is 0.246. The molecule has 0 saturated heterocycles. The van der Waals surface area contributed by atoms with Crippen molar-refractivity contribution >= 4 is 65.4 Å². The molecule has 3 heterocycles. The number of nitrogens with zero attached hydrogens (tertiary/aromatic N) is 2. The average molecular weight is 498 g/mol. The minimum atomic E-state index is 1.14. The van der Waals surface area contributed by atoms with E-state index in [2.05, 4.69) is 148 Å². The summed E-state index contributed by atoms with van der Waals surface area (Å²) in [5.41, 5.74) is 9.51. The normalized spacial score (nSPS) is 12.1. The Morgan fingerprint density at radius 1 is 0.359 bits per heavy atom. The highest BCUT2D eigenvalue weighted by molar-refractivity contribution is 6.18. The van der Waals surface area contributed by atoms with E-state index in [9.17, 15) is 0 Å². The van der Waals surface area contributed by atoms with Crippen LogP contribution >= 0.6 is 0 Å². The minimum Gasteiger partial charge on any atom is -0.353 e. The summed E-state index contributed by atoms with van der Waals surface area (Å²) >= 11 is 0. The lowest BCUT2D eigenvalue weighted by Gasteiger charge is -2.11. The SMILES string of the molecule is c1cc(-n2c3ccccc3c3ccccc32)c2c(c1)[nH]c1c(-n3c4ccccc4c4ccccc43)cccc12. The van der Waals surface area contributed by atoms with Crippen molar-refractivity contribution < 1.29 is 0 Å². The molecule has 0 fully saturated rings. The Morgan fingerprint density at radius 3 is 1.31 bits per heavy atom. The molecule has 3 aromatic heterocycles. The first kappa shape index (κ1) is 20.7. The molecule has 182 valence electrons. The van der Waals surface area contributed by atoms with E-state index in [1.54, 1.807) is 0 Å². The molecule has 1 N–H and O–H groups in total. The highest BCUT2D eigenvalue weighted by atomic mass is 15.0. The number of hydrogen-bond acceptors (Lipinski definition) is 0. The van der Waals surface area contributed by atoms with Crippen molar-refractivity contribution in [1.82, 2.24) is 14.1 Å². The Balaban J connectivity index is 1.42. The van der Waals surface area contributed by atoms with E-state index in [0.29, 0.717) is 0 Å². The zero-order valence-electron chi connectivity index (χ0n) is 21.1. The average Bonchev–Trinajstić information content (AvgIpc) is 3.65. The van der Waals surface area contributed by atoms with E-state index in [-0.39, 0.29) is 0 Å². The van der Waals surface area contributed by atoms with Crippen LogP contribution in [-0.4, -0.2) is 14.1 Å². The number of fused-ring (bicyclic) bond motifs is 9. The first-order valence-corrected chi connectivity index (χ1v) is 13.4. The standard InChI is InChI=1S/C36H23N3/c1-5-17-29-23(11-1)24-12-2-6-18-30(24)38(29)33-21-10-16-28-35(33)27-15-9-22-34(36(27)37-28)39-31-19-7-3-13-25(31)26-14-4-8-20-32(26)39/h1-22,37H. The van der Waals surface area contributed by atoms with Gasteiger partial charge in [-0.15, -0.1) is 0 Å². The van der Waals surface area contributed by atoms with Crippen LogP contribution in [0.4, 0.5) is 0 Å². The monoisotopic (exact) mass is 497 g/mol. The van der Waals surface area contributed by atoms with Gasteiger partial charge in [0.05, 0.1) is 39.0 Å². The smallest absolute Gasteiger partial charge is 0.0710 e.